The number of aromatic amines is 2. The van der Waals surface area contributed by atoms with Gasteiger partial charge in [-0.1, -0.05) is 23.5 Å². The maximum absolute atomic E-state index is 13.0. The molecular weight excluding hydrogens is 476 g/mol. The quantitative estimate of drug-likeness (QED) is 0.317. The number of nitrogens with zero attached hydrogens (tertiary/aromatic N) is 2. The summed E-state index contributed by atoms with van der Waals surface area (Å²) in [5, 5.41) is 5.70. The third-order valence-corrected chi connectivity index (χ3v) is 8.35. The van der Waals surface area contributed by atoms with Crippen molar-refractivity contribution in [2.75, 3.05) is 10.6 Å². The molecule has 34 heavy (non-hydrogen) atoms. The fraction of sp³-hybridized carbons (Fsp3) is 0.182. The Morgan fingerprint density at radius 3 is 1.47 bits per heavy atom. The predicted octanol–water partition coefficient (Wildman–Crippen LogP) is 3.01. The topological polar surface area (TPSA) is 134 Å². The van der Waals surface area contributed by atoms with Crippen molar-refractivity contribution in [1.29, 1.82) is 0 Å². The van der Waals surface area contributed by atoms with Crippen molar-refractivity contribution in [2.24, 2.45) is 0 Å². The maximum Gasteiger partial charge on any atom is 0.326 e. The molecule has 4 aromatic rings. The van der Waals surface area contributed by atoms with Crippen LogP contribution >= 0.6 is 23.5 Å². The van der Waals surface area contributed by atoms with Crippen LogP contribution in [0.5, 0.6) is 0 Å². The Labute approximate surface area is 199 Å². The maximum atomic E-state index is 13.0. The first-order valence-corrected chi connectivity index (χ1v) is 12.3. The van der Waals surface area contributed by atoms with Gasteiger partial charge < -0.3 is 20.6 Å². The Morgan fingerprint density at radius 2 is 1.09 bits per heavy atom. The van der Waals surface area contributed by atoms with Crippen LogP contribution in [-0.4, -0.2) is 30.9 Å². The monoisotopic (exact) mass is 494 g/mol. The van der Waals surface area contributed by atoms with E-state index < -0.39 is 0 Å². The zero-order chi connectivity index (χ0) is 23.7. The summed E-state index contributed by atoms with van der Waals surface area (Å²) in [6, 6.07) is 7.17. The Morgan fingerprint density at radius 1 is 0.676 bits per heavy atom. The molecule has 0 spiro atoms. The van der Waals surface area contributed by atoms with E-state index in [0.717, 1.165) is 20.8 Å². The first kappa shape index (κ1) is 20.9. The highest BCUT2D eigenvalue weighted by molar-refractivity contribution is 8.08. The molecule has 0 unspecified atom stereocenters. The van der Waals surface area contributed by atoms with Gasteiger partial charge in [0.05, 0.1) is 43.3 Å². The van der Waals surface area contributed by atoms with Gasteiger partial charge >= 0.3 is 11.4 Å². The number of imidazole rings is 2. The lowest BCUT2D eigenvalue weighted by Crippen LogP contribution is -2.24. The van der Waals surface area contributed by atoms with Gasteiger partial charge in [-0.2, -0.15) is 0 Å². The third kappa shape index (κ3) is 2.98. The second-order valence-corrected chi connectivity index (χ2v) is 9.95. The van der Waals surface area contributed by atoms with E-state index in [1.165, 1.54) is 23.5 Å². The molecule has 4 heterocycles. The number of thioether (sulfide) groups is 2. The van der Waals surface area contributed by atoms with E-state index in [1.807, 2.05) is 26.0 Å². The number of fused-ring (bicyclic) bond motifs is 4. The zero-order valence-corrected chi connectivity index (χ0v) is 19.7. The van der Waals surface area contributed by atoms with Crippen LogP contribution in [0.25, 0.3) is 22.1 Å². The lowest BCUT2D eigenvalue weighted by molar-refractivity contribution is -0.114. The highest BCUT2D eigenvalue weighted by Gasteiger charge is 2.32. The smallest absolute Gasteiger partial charge is 0.320 e. The molecule has 2 aliphatic heterocycles. The summed E-state index contributed by atoms with van der Waals surface area (Å²) in [6.07, 6.45) is 0. The number of rotatable bonds is 2. The number of aromatic nitrogens is 4. The van der Waals surface area contributed by atoms with Gasteiger partial charge in [0.15, 0.2) is 0 Å². The van der Waals surface area contributed by atoms with Crippen LogP contribution < -0.4 is 22.0 Å². The van der Waals surface area contributed by atoms with Crippen LogP contribution in [0.3, 0.4) is 0 Å². The highest BCUT2D eigenvalue weighted by Crippen LogP contribution is 2.47. The molecule has 0 bridgehead atoms. The van der Waals surface area contributed by atoms with Gasteiger partial charge in [-0.05, 0) is 38.1 Å². The van der Waals surface area contributed by atoms with Gasteiger partial charge in [0.25, 0.3) is 11.8 Å². The molecule has 2 aliphatic rings. The van der Waals surface area contributed by atoms with Crippen molar-refractivity contribution in [3.05, 3.63) is 55.0 Å². The molecule has 0 saturated carbocycles. The van der Waals surface area contributed by atoms with Gasteiger partial charge in [0.2, 0.25) is 0 Å². The number of anilines is 2. The lowest BCUT2D eigenvalue weighted by atomic mass is 10.2. The number of nitrogens with one attached hydrogen (secondary N) is 4. The minimum Gasteiger partial charge on any atom is -0.320 e. The molecule has 2 aromatic carbocycles. The summed E-state index contributed by atoms with van der Waals surface area (Å²) in [5.74, 6) is -0.771. The number of H-pyrrole nitrogens is 2. The zero-order valence-electron chi connectivity index (χ0n) is 18.1. The number of benzene rings is 2. The van der Waals surface area contributed by atoms with E-state index in [4.69, 9.17) is 0 Å². The Hall–Kier alpha value is -3.64. The largest absolute Gasteiger partial charge is 0.326 e. The highest BCUT2D eigenvalue weighted by atomic mass is 32.2. The Bertz CT molecular complexity index is 1600. The van der Waals surface area contributed by atoms with E-state index >= 15 is 0 Å². The average molecular weight is 495 g/mol. The number of amides is 2. The van der Waals surface area contributed by atoms with Crippen LogP contribution in [0, 0.1) is 0 Å². The standard InChI is InChI=1S/C22H18N6O4S2/c1-3-27-13-7-15-11(5-9(13)25-21(27)31)23-19(29)17(33-15)18-20(30)24-12-6-10-14(8-16(12)34-18)28(4-2)22(32)26-10/h5-8H,3-4H2,1-2H3,(H,23,29)(H,24,30)(H,25,31)(H,26,32). The van der Waals surface area contributed by atoms with Crippen LogP contribution in [-0.2, 0) is 22.7 Å². The molecule has 2 aromatic heterocycles. The second kappa shape index (κ2) is 7.43. The molecule has 0 radical (unpaired) electrons. The summed E-state index contributed by atoms with van der Waals surface area (Å²) in [5.41, 5.74) is 3.48. The van der Waals surface area contributed by atoms with Crippen LogP contribution in [0.1, 0.15) is 13.8 Å². The van der Waals surface area contributed by atoms with Crippen molar-refractivity contribution in [1.82, 2.24) is 19.1 Å². The van der Waals surface area contributed by atoms with Crippen LogP contribution in [0.15, 0.2) is 53.5 Å². The molecule has 10 nitrogen and oxygen atoms in total. The summed E-state index contributed by atoms with van der Waals surface area (Å²) >= 11 is 2.41. The summed E-state index contributed by atoms with van der Waals surface area (Å²) in [6.45, 7) is 4.79. The van der Waals surface area contributed by atoms with Crippen molar-refractivity contribution < 1.29 is 9.59 Å². The minimum absolute atomic E-state index is 0.213. The number of carbonyl (C=O) groups is 2. The molecule has 12 heteroatoms. The van der Waals surface area contributed by atoms with E-state index in [2.05, 4.69) is 20.6 Å². The lowest BCUT2D eigenvalue weighted by Gasteiger charge is -2.24. The number of hydrogen-bond donors (Lipinski definition) is 4. The Balaban J connectivity index is 1.46. The number of carbonyl (C=O) groups excluding carboxylic acids is 2. The minimum atomic E-state index is -0.386. The normalized spacial score (nSPS) is 17.6. The molecule has 0 saturated heterocycles. The van der Waals surface area contributed by atoms with E-state index in [1.54, 1.807) is 21.3 Å². The molecule has 172 valence electrons. The van der Waals surface area contributed by atoms with E-state index in [-0.39, 0.29) is 33.0 Å². The third-order valence-electron chi connectivity index (χ3n) is 5.92. The molecule has 0 fully saturated rings. The average Bonchev–Trinajstić information content (AvgIpc) is 3.28. The van der Waals surface area contributed by atoms with Crippen LogP contribution in [0.4, 0.5) is 11.4 Å². The first-order chi connectivity index (χ1) is 16.4. The predicted molar refractivity (Wildman–Crippen MR) is 132 cm³/mol. The van der Waals surface area contributed by atoms with Gasteiger partial charge in [-0.25, -0.2) is 9.59 Å². The second-order valence-electron chi connectivity index (χ2n) is 7.85. The van der Waals surface area contributed by atoms with Crippen molar-refractivity contribution in [3.63, 3.8) is 0 Å². The van der Waals surface area contributed by atoms with E-state index in [9.17, 15) is 19.2 Å². The van der Waals surface area contributed by atoms with Crippen LogP contribution in [0.2, 0.25) is 0 Å². The van der Waals surface area contributed by atoms with E-state index in [0.29, 0.717) is 35.5 Å². The first-order valence-electron chi connectivity index (χ1n) is 10.6. The molecular formula is C22H18N6O4S2. The summed E-state index contributed by atoms with van der Waals surface area (Å²) in [4.78, 5) is 58.0. The van der Waals surface area contributed by atoms with Gasteiger partial charge in [-0.3, -0.25) is 18.7 Å². The molecule has 0 atom stereocenters. The van der Waals surface area contributed by atoms with Gasteiger partial charge in [0, 0.05) is 22.9 Å². The number of aryl methyl sites for hydroxylation is 2. The number of hydrogen-bond acceptors (Lipinski definition) is 6. The van der Waals surface area contributed by atoms with Gasteiger partial charge in [-0.15, -0.1) is 0 Å². The Kier molecular flexibility index (Phi) is 4.58. The molecule has 0 aliphatic carbocycles. The fourth-order valence-electron chi connectivity index (χ4n) is 4.33. The van der Waals surface area contributed by atoms with Crippen molar-refractivity contribution in [2.45, 2.75) is 36.7 Å². The van der Waals surface area contributed by atoms with Gasteiger partial charge in [0.1, 0.15) is 0 Å². The fourth-order valence-corrected chi connectivity index (χ4v) is 6.46. The SMILES string of the molecule is CCn1c(=O)[nH]c2cc3c(cc21)SC(=C1Sc2cc4c(cc2NC1=O)[nH]c(=O)n4CC)C(=O)N3. The molecule has 4 N–H and O–H groups in total. The molecule has 2 amide bonds. The molecule has 6 rings (SSSR count). The van der Waals surface area contributed by atoms with Crippen molar-refractivity contribution in [3.8, 4) is 0 Å². The summed E-state index contributed by atoms with van der Waals surface area (Å²) < 4.78 is 3.24. The summed E-state index contributed by atoms with van der Waals surface area (Å²) in [7, 11) is 0. The van der Waals surface area contributed by atoms with Crippen molar-refractivity contribution >= 4 is 68.8 Å².